The van der Waals surface area contributed by atoms with E-state index in [1.165, 1.54) is 0 Å². The van der Waals surface area contributed by atoms with Gasteiger partial charge >= 0.3 is 0 Å². The maximum Gasteiger partial charge on any atom is 0.247 e. The van der Waals surface area contributed by atoms with Crippen LogP contribution in [0.2, 0.25) is 0 Å². The molecule has 4 rings (SSSR count). The first kappa shape index (κ1) is 17.9. The smallest absolute Gasteiger partial charge is 0.247 e. The molecule has 0 spiro atoms. The zero-order valence-corrected chi connectivity index (χ0v) is 15.4. The summed E-state index contributed by atoms with van der Waals surface area (Å²) in [5, 5.41) is 7.15. The van der Waals surface area contributed by atoms with Crippen molar-refractivity contribution in [2.75, 3.05) is 11.9 Å². The average molecular weight is 375 g/mol. The maximum atomic E-state index is 12.8. The highest BCUT2D eigenvalue weighted by molar-refractivity contribution is 5.97. The van der Waals surface area contributed by atoms with Crippen molar-refractivity contribution in [3.8, 4) is 5.69 Å². The van der Waals surface area contributed by atoms with Gasteiger partial charge in [0.2, 0.25) is 11.8 Å². The zero-order chi connectivity index (χ0) is 19.3. The van der Waals surface area contributed by atoms with E-state index in [4.69, 9.17) is 0 Å². The van der Waals surface area contributed by atoms with Gasteiger partial charge in [0.05, 0.1) is 12.1 Å². The fraction of sp³-hybridized carbons (Fsp3) is 0.238. The van der Waals surface area contributed by atoms with Crippen LogP contribution in [0.5, 0.6) is 0 Å². The number of rotatable bonds is 5. The Hall–Kier alpha value is -3.48. The second-order valence-electron chi connectivity index (χ2n) is 6.73. The first-order chi connectivity index (χ1) is 13.7. The minimum atomic E-state index is -0.454. The number of carbonyl (C=O) groups is 2. The number of carbonyl (C=O) groups excluding carboxylic acids is 2. The van der Waals surface area contributed by atoms with E-state index >= 15 is 0 Å². The molecular formula is C21H21N5O2. The summed E-state index contributed by atoms with van der Waals surface area (Å²) in [6.45, 7) is 0.594. The van der Waals surface area contributed by atoms with Gasteiger partial charge in [-0.2, -0.15) is 5.10 Å². The van der Waals surface area contributed by atoms with Gasteiger partial charge in [-0.3, -0.25) is 14.6 Å². The van der Waals surface area contributed by atoms with Crippen molar-refractivity contribution in [3.63, 3.8) is 0 Å². The van der Waals surface area contributed by atoms with E-state index in [2.05, 4.69) is 15.4 Å². The van der Waals surface area contributed by atoms with Gasteiger partial charge in [0, 0.05) is 36.5 Å². The van der Waals surface area contributed by atoms with Gasteiger partial charge in [0.25, 0.3) is 0 Å². The molecule has 7 nitrogen and oxygen atoms in total. The number of nitrogens with zero attached hydrogens (tertiary/aromatic N) is 4. The van der Waals surface area contributed by atoms with E-state index in [-0.39, 0.29) is 18.2 Å². The van der Waals surface area contributed by atoms with Gasteiger partial charge in [-0.15, -0.1) is 0 Å². The van der Waals surface area contributed by atoms with Crippen LogP contribution in [0.4, 0.5) is 5.69 Å². The highest BCUT2D eigenvalue weighted by Crippen LogP contribution is 2.21. The summed E-state index contributed by atoms with van der Waals surface area (Å²) in [5.41, 5.74) is 2.25. The van der Waals surface area contributed by atoms with Crippen molar-refractivity contribution in [1.29, 1.82) is 0 Å². The Morgan fingerprint density at radius 2 is 2.04 bits per heavy atom. The minimum absolute atomic E-state index is 0.0679. The number of amides is 2. The van der Waals surface area contributed by atoms with Crippen molar-refractivity contribution in [3.05, 3.63) is 72.8 Å². The van der Waals surface area contributed by atoms with E-state index in [1.54, 1.807) is 22.0 Å². The lowest BCUT2D eigenvalue weighted by Crippen LogP contribution is -2.43. The predicted octanol–water partition coefficient (Wildman–Crippen LogP) is 2.44. The molecule has 0 bridgehead atoms. The monoisotopic (exact) mass is 375 g/mol. The molecule has 0 unspecified atom stereocenters. The molecule has 1 atom stereocenters. The Bertz CT molecular complexity index is 956. The molecule has 3 aromatic rings. The van der Waals surface area contributed by atoms with E-state index in [1.807, 2.05) is 54.7 Å². The number of nitrogens with one attached hydrogen (secondary N) is 1. The summed E-state index contributed by atoms with van der Waals surface area (Å²) in [4.78, 5) is 31.4. The maximum absolute atomic E-state index is 12.8. The van der Waals surface area contributed by atoms with Gasteiger partial charge in [-0.25, -0.2) is 4.68 Å². The normalized spacial score (nSPS) is 16.1. The summed E-state index contributed by atoms with van der Waals surface area (Å²) in [6.07, 6.45) is 6.91. The average Bonchev–Trinajstić information content (AvgIpc) is 3.41. The summed E-state index contributed by atoms with van der Waals surface area (Å²) in [6, 6.07) is 14.4. The molecule has 1 fully saturated rings. The second-order valence-corrected chi connectivity index (χ2v) is 6.73. The summed E-state index contributed by atoms with van der Waals surface area (Å²) in [7, 11) is 0. The number of hydrogen-bond donors (Lipinski definition) is 1. The molecule has 3 heterocycles. The SMILES string of the molecule is O=C(Nc1cccc(-n2cccn2)c1)[C@@H]1CCCN1C(=O)Cc1ccccn1. The molecule has 0 saturated carbocycles. The van der Waals surface area contributed by atoms with E-state index in [0.29, 0.717) is 24.3 Å². The second kappa shape index (κ2) is 8.04. The number of aromatic nitrogens is 3. The third-order valence-corrected chi connectivity index (χ3v) is 4.82. The van der Waals surface area contributed by atoms with Crippen LogP contribution in [-0.4, -0.2) is 44.1 Å². The molecule has 28 heavy (non-hydrogen) atoms. The lowest BCUT2D eigenvalue weighted by atomic mass is 10.1. The third-order valence-electron chi connectivity index (χ3n) is 4.82. The summed E-state index contributed by atoms with van der Waals surface area (Å²) in [5.74, 6) is -0.230. The molecule has 1 N–H and O–H groups in total. The molecule has 1 aromatic carbocycles. The number of pyridine rings is 1. The topological polar surface area (TPSA) is 80.1 Å². The molecule has 0 aliphatic carbocycles. The largest absolute Gasteiger partial charge is 0.330 e. The molecule has 2 aromatic heterocycles. The molecular weight excluding hydrogens is 354 g/mol. The fourth-order valence-electron chi connectivity index (χ4n) is 3.47. The van der Waals surface area contributed by atoms with E-state index in [0.717, 1.165) is 12.1 Å². The Kier molecular flexibility index (Phi) is 5.14. The van der Waals surface area contributed by atoms with Crippen LogP contribution in [-0.2, 0) is 16.0 Å². The van der Waals surface area contributed by atoms with Crippen LogP contribution in [0.1, 0.15) is 18.5 Å². The standard InChI is InChI=1S/C21H21N5O2/c27-20(15-16-6-1-2-10-22-16)25-12-4-9-19(25)21(28)24-17-7-3-8-18(14-17)26-13-5-11-23-26/h1-3,5-8,10-11,13-14,19H,4,9,12,15H2,(H,24,28)/t19-/m0/s1. The number of anilines is 1. The van der Waals surface area contributed by atoms with Gasteiger partial charge in [-0.05, 0) is 49.2 Å². The zero-order valence-electron chi connectivity index (χ0n) is 15.4. The van der Waals surface area contributed by atoms with Crippen molar-refractivity contribution in [2.24, 2.45) is 0 Å². The van der Waals surface area contributed by atoms with Crippen molar-refractivity contribution < 1.29 is 9.59 Å². The van der Waals surface area contributed by atoms with Crippen molar-refractivity contribution >= 4 is 17.5 Å². The van der Waals surface area contributed by atoms with E-state index in [9.17, 15) is 9.59 Å². The quantitative estimate of drug-likeness (QED) is 0.743. The predicted molar refractivity (Wildman–Crippen MR) is 105 cm³/mol. The number of benzene rings is 1. The van der Waals surface area contributed by atoms with Crippen molar-refractivity contribution in [1.82, 2.24) is 19.7 Å². The third kappa shape index (κ3) is 3.93. The Labute approximate surface area is 163 Å². The van der Waals surface area contributed by atoms with Crippen molar-refractivity contribution in [2.45, 2.75) is 25.3 Å². The molecule has 0 radical (unpaired) electrons. The van der Waals surface area contributed by atoms with Crippen LogP contribution >= 0.6 is 0 Å². The van der Waals surface area contributed by atoms with Crippen LogP contribution in [0.3, 0.4) is 0 Å². The molecule has 7 heteroatoms. The molecule has 1 saturated heterocycles. The van der Waals surface area contributed by atoms with E-state index < -0.39 is 6.04 Å². The molecule has 2 amide bonds. The summed E-state index contributed by atoms with van der Waals surface area (Å²) >= 11 is 0. The molecule has 1 aliphatic heterocycles. The summed E-state index contributed by atoms with van der Waals surface area (Å²) < 4.78 is 1.73. The first-order valence-corrected chi connectivity index (χ1v) is 9.31. The molecule has 142 valence electrons. The van der Waals surface area contributed by atoms with Gasteiger partial charge in [-0.1, -0.05) is 12.1 Å². The fourth-order valence-corrected chi connectivity index (χ4v) is 3.47. The highest BCUT2D eigenvalue weighted by atomic mass is 16.2. The first-order valence-electron chi connectivity index (χ1n) is 9.31. The van der Waals surface area contributed by atoms with Crippen LogP contribution in [0.15, 0.2) is 67.1 Å². The van der Waals surface area contributed by atoms with Crippen LogP contribution < -0.4 is 5.32 Å². The van der Waals surface area contributed by atoms with Crippen LogP contribution in [0.25, 0.3) is 5.69 Å². The van der Waals surface area contributed by atoms with Gasteiger partial charge in [0.15, 0.2) is 0 Å². The van der Waals surface area contributed by atoms with Gasteiger partial charge in [0.1, 0.15) is 6.04 Å². The number of likely N-dealkylation sites (tertiary alicyclic amines) is 1. The lowest BCUT2D eigenvalue weighted by molar-refractivity contribution is -0.136. The highest BCUT2D eigenvalue weighted by Gasteiger charge is 2.34. The number of hydrogen-bond acceptors (Lipinski definition) is 4. The van der Waals surface area contributed by atoms with Crippen LogP contribution in [0, 0.1) is 0 Å². The minimum Gasteiger partial charge on any atom is -0.330 e. The Balaban J connectivity index is 1.44. The Morgan fingerprint density at radius 3 is 2.82 bits per heavy atom. The Morgan fingerprint density at radius 1 is 1.11 bits per heavy atom. The van der Waals surface area contributed by atoms with Gasteiger partial charge < -0.3 is 10.2 Å². The lowest BCUT2D eigenvalue weighted by Gasteiger charge is -2.24. The molecule has 1 aliphatic rings.